The second-order valence-electron chi connectivity index (χ2n) is 5.83. The highest BCUT2D eigenvalue weighted by Gasteiger charge is 2.21. The third kappa shape index (κ3) is 5.14. The fourth-order valence-corrected chi connectivity index (χ4v) is 3.53. The summed E-state index contributed by atoms with van der Waals surface area (Å²) in [5.41, 5.74) is 0.880. The van der Waals surface area contributed by atoms with E-state index in [-0.39, 0.29) is 16.8 Å². The molecule has 0 aliphatic heterocycles. The molecule has 1 amide bonds. The van der Waals surface area contributed by atoms with Crippen LogP contribution in [0.4, 0.5) is 5.69 Å². The largest absolute Gasteiger partial charge is 0.455 e. The van der Waals surface area contributed by atoms with Gasteiger partial charge in [-0.3, -0.25) is 9.59 Å². The van der Waals surface area contributed by atoms with Crippen molar-refractivity contribution in [3.8, 4) is 0 Å². The molecular weight excluding hydrogens is 344 g/mol. The smallest absolute Gasteiger partial charge is 0.309 e. The van der Waals surface area contributed by atoms with Gasteiger partial charge in [-0.05, 0) is 50.9 Å². The second kappa shape index (κ2) is 8.26. The van der Waals surface area contributed by atoms with Crippen LogP contribution in [0.3, 0.4) is 0 Å². The van der Waals surface area contributed by atoms with Crippen molar-refractivity contribution in [3.63, 3.8) is 0 Å². The van der Waals surface area contributed by atoms with Gasteiger partial charge in [0.25, 0.3) is 5.91 Å². The molecule has 0 heterocycles. The molecule has 2 rings (SSSR count). The molecule has 0 fully saturated rings. The van der Waals surface area contributed by atoms with Crippen molar-refractivity contribution in [2.75, 3.05) is 19.0 Å². The Labute approximate surface area is 147 Å². The van der Waals surface area contributed by atoms with Gasteiger partial charge < -0.3 is 10.1 Å². The lowest BCUT2D eigenvalue weighted by Gasteiger charge is -2.16. The summed E-state index contributed by atoms with van der Waals surface area (Å²) >= 11 is 0. The van der Waals surface area contributed by atoms with Gasteiger partial charge >= 0.3 is 5.97 Å². The zero-order valence-electron chi connectivity index (χ0n) is 14.2. The van der Waals surface area contributed by atoms with Gasteiger partial charge in [0.2, 0.25) is 10.0 Å². The average molecular weight is 366 g/mol. The summed E-state index contributed by atoms with van der Waals surface area (Å²) in [4.78, 5) is 23.9. The van der Waals surface area contributed by atoms with E-state index in [1.165, 1.54) is 13.1 Å². The molecule has 0 saturated carbocycles. The molecule has 0 aromatic heterocycles. The predicted molar refractivity (Wildman–Crippen MR) is 93.5 cm³/mol. The summed E-state index contributed by atoms with van der Waals surface area (Å²) in [6.07, 6.45) is 6.14. The third-order valence-corrected chi connectivity index (χ3v) is 5.53. The van der Waals surface area contributed by atoms with Crippen LogP contribution in [0.2, 0.25) is 0 Å². The van der Waals surface area contributed by atoms with Crippen molar-refractivity contribution in [2.24, 2.45) is 5.92 Å². The maximum absolute atomic E-state index is 12.0. The van der Waals surface area contributed by atoms with Crippen molar-refractivity contribution in [1.29, 1.82) is 0 Å². The van der Waals surface area contributed by atoms with Crippen LogP contribution in [0.1, 0.15) is 24.8 Å². The number of anilines is 1. The van der Waals surface area contributed by atoms with Gasteiger partial charge in [0.1, 0.15) is 0 Å². The van der Waals surface area contributed by atoms with E-state index in [0.717, 1.165) is 12.8 Å². The number of benzene rings is 1. The van der Waals surface area contributed by atoms with Crippen molar-refractivity contribution in [1.82, 2.24) is 4.72 Å². The van der Waals surface area contributed by atoms with E-state index >= 15 is 0 Å². The Morgan fingerprint density at radius 1 is 1.28 bits per heavy atom. The number of rotatable bonds is 6. The maximum Gasteiger partial charge on any atom is 0.309 e. The first-order chi connectivity index (χ1) is 11.8. The Morgan fingerprint density at radius 3 is 2.68 bits per heavy atom. The highest BCUT2D eigenvalue weighted by atomic mass is 32.2. The number of carbonyl (C=O) groups is 2. The standard InChI is InChI=1S/C17H22N2O5S/c1-12-8-9-14(10-15(12)25(22,23)18-2)19-16(20)11-24-17(21)13-6-4-3-5-7-13/h3-4,8-10,13,18H,5-7,11H2,1-2H3,(H,19,20)/t13-/m1/s1. The van der Waals surface area contributed by atoms with Gasteiger partial charge in [0.05, 0.1) is 10.8 Å². The number of sulfonamides is 1. The molecule has 1 aliphatic carbocycles. The second-order valence-corrected chi connectivity index (χ2v) is 7.68. The highest BCUT2D eigenvalue weighted by Crippen LogP contribution is 2.21. The van der Waals surface area contributed by atoms with Crippen LogP contribution in [-0.2, 0) is 24.3 Å². The van der Waals surface area contributed by atoms with Crippen molar-refractivity contribution in [3.05, 3.63) is 35.9 Å². The molecule has 8 heteroatoms. The number of allylic oxidation sites excluding steroid dienone is 2. The zero-order chi connectivity index (χ0) is 18.4. The minimum absolute atomic E-state index is 0.0822. The number of hydrogen-bond donors (Lipinski definition) is 2. The summed E-state index contributed by atoms with van der Waals surface area (Å²) in [5.74, 6) is -1.11. The first-order valence-corrected chi connectivity index (χ1v) is 9.47. The number of hydrogen-bond acceptors (Lipinski definition) is 5. The quantitative estimate of drug-likeness (QED) is 0.590. The summed E-state index contributed by atoms with van der Waals surface area (Å²) in [6.45, 7) is 1.26. The van der Waals surface area contributed by atoms with E-state index < -0.39 is 22.5 Å². The molecule has 0 spiro atoms. The van der Waals surface area contributed by atoms with E-state index in [1.54, 1.807) is 19.1 Å². The number of esters is 1. The third-order valence-electron chi connectivity index (χ3n) is 3.98. The van der Waals surface area contributed by atoms with E-state index in [2.05, 4.69) is 10.0 Å². The van der Waals surface area contributed by atoms with Crippen LogP contribution in [-0.4, -0.2) is 33.9 Å². The molecule has 25 heavy (non-hydrogen) atoms. The van der Waals surface area contributed by atoms with Gasteiger partial charge in [0.15, 0.2) is 6.61 Å². The molecule has 0 bridgehead atoms. The molecule has 1 aromatic carbocycles. The lowest BCUT2D eigenvalue weighted by molar-refractivity contribution is -0.151. The van der Waals surface area contributed by atoms with E-state index in [9.17, 15) is 18.0 Å². The van der Waals surface area contributed by atoms with Gasteiger partial charge in [-0.2, -0.15) is 0 Å². The molecule has 1 aromatic rings. The van der Waals surface area contributed by atoms with Crippen LogP contribution in [0.25, 0.3) is 0 Å². The van der Waals surface area contributed by atoms with Crippen LogP contribution in [0, 0.1) is 12.8 Å². The van der Waals surface area contributed by atoms with Crippen molar-refractivity contribution in [2.45, 2.75) is 31.1 Å². The first-order valence-electron chi connectivity index (χ1n) is 7.99. The molecule has 0 saturated heterocycles. The maximum atomic E-state index is 12.0. The van der Waals surface area contributed by atoms with Crippen LogP contribution >= 0.6 is 0 Å². The Hall–Kier alpha value is -2.19. The zero-order valence-corrected chi connectivity index (χ0v) is 15.1. The molecule has 136 valence electrons. The Morgan fingerprint density at radius 2 is 2.04 bits per heavy atom. The summed E-state index contributed by atoms with van der Waals surface area (Å²) in [5, 5.41) is 2.54. The Bertz CT molecular complexity index is 786. The molecule has 0 unspecified atom stereocenters. The van der Waals surface area contributed by atoms with Crippen LogP contribution in [0.15, 0.2) is 35.2 Å². The summed E-state index contributed by atoms with van der Waals surface area (Å²) < 4.78 is 31.2. The Kier molecular flexibility index (Phi) is 6.33. The van der Waals surface area contributed by atoms with Gasteiger partial charge in [-0.1, -0.05) is 18.2 Å². The molecule has 1 atom stereocenters. The van der Waals surface area contributed by atoms with Gasteiger partial charge in [0, 0.05) is 5.69 Å². The number of nitrogens with one attached hydrogen (secondary N) is 2. The van der Waals surface area contributed by atoms with Gasteiger partial charge in [-0.15, -0.1) is 0 Å². The van der Waals surface area contributed by atoms with Crippen LogP contribution < -0.4 is 10.0 Å². The lowest BCUT2D eigenvalue weighted by atomic mass is 9.95. The topological polar surface area (TPSA) is 102 Å². The summed E-state index contributed by atoms with van der Waals surface area (Å²) in [7, 11) is -2.30. The molecular formula is C17H22N2O5S. The van der Waals surface area contributed by atoms with Crippen LogP contribution in [0.5, 0.6) is 0 Å². The average Bonchev–Trinajstić information content (AvgIpc) is 2.62. The Balaban J connectivity index is 1.95. The molecule has 7 nitrogen and oxygen atoms in total. The fourth-order valence-electron chi connectivity index (χ4n) is 2.54. The lowest BCUT2D eigenvalue weighted by Crippen LogP contribution is -2.25. The number of ether oxygens (including phenoxy) is 1. The van der Waals surface area contributed by atoms with E-state index in [1.807, 2.05) is 12.2 Å². The molecule has 1 aliphatic rings. The van der Waals surface area contributed by atoms with E-state index in [4.69, 9.17) is 4.74 Å². The van der Waals surface area contributed by atoms with Crippen molar-refractivity contribution < 1.29 is 22.7 Å². The molecule has 0 radical (unpaired) electrons. The minimum Gasteiger partial charge on any atom is -0.455 e. The number of aryl methyl sites for hydroxylation is 1. The first kappa shape index (κ1) is 19.1. The van der Waals surface area contributed by atoms with Crippen molar-refractivity contribution >= 4 is 27.6 Å². The number of carbonyl (C=O) groups excluding carboxylic acids is 2. The van der Waals surface area contributed by atoms with E-state index in [0.29, 0.717) is 17.7 Å². The van der Waals surface area contributed by atoms with Gasteiger partial charge in [-0.25, -0.2) is 13.1 Å². The fraction of sp³-hybridized carbons (Fsp3) is 0.412. The highest BCUT2D eigenvalue weighted by molar-refractivity contribution is 7.89. The monoisotopic (exact) mass is 366 g/mol. The normalized spacial score (nSPS) is 17.1. The molecule has 2 N–H and O–H groups in total. The minimum atomic E-state index is -3.62. The summed E-state index contributed by atoms with van der Waals surface area (Å²) in [6, 6.07) is 4.56. The SMILES string of the molecule is CNS(=O)(=O)c1cc(NC(=O)COC(=O)[C@@H]2CC=CCC2)ccc1C. The predicted octanol–water partition coefficient (Wildman–Crippen LogP) is 1.74. The number of amides is 1.